The number of thiophene rings is 1. The van der Waals surface area contributed by atoms with Crippen molar-refractivity contribution >= 4 is 40.5 Å². The van der Waals surface area contributed by atoms with Crippen molar-refractivity contribution in [2.24, 2.45) is 10.9 Å². The van der Waals surface area contributed by atoms with Crippen LogP contribution in [0.25, 0.3) is 0 Å². The van der Waals surface area contributed by atoms with Crippen molar-refractivity contribution < 1.29 is 14.3 Å². The molecule has 1 N–H and O–H groups in total. The Morgan fingerprint density at radius 2 is 2.32 bits per heavy atom. The molecule has 0 bridgehead atoms. The van der Waals surface area contributed by atoms with E-state index in [9.17, 15) is 9.59 Å². The lowest BCUT2D eigenvalue weighted by Crippen LogP contribution is -2.36. The molecule has 0 radical (unpaired) electrons. The molecule has 2 aliphatic rings. The first-order valence-electron chi connectivity index (χ1n) is 7.96. The summed E-state index contributed by atoms with van der Waals surface area (Å²) in [6.07, 6.45) is 6.02. The van der Waals surface area contributed by atoms with Gasteiger partial charge in [0.05, 0.1) is 18.2 Å². The molecule has 0 aromatic carbocycles. The van der Waals surface area contributed by atoms with E-state index in [0.717, 1.165) is 6.42 Å². The first kappa shape index (κ1) is 17.6. The molecule has 0 spiro atoms. The molecule has 1 aliphatic carbocycles. The predicted octanol–water partition coefficient (Wildman–Crippen LogP) is 2.99. The van der Waals surface area contributed by atoms with Crippen LogP contribution in [0.4, 0.5) is 0 Å². The monoisotopic (exact) mass is 376 g/mol. The highest BCUT2D eigenvalue weighted by atomic mass is 35.5. The normalized spacial score (nSPS) is 19.3. The minimum absolute atomic E-state index is 0.0298. The summed E-state index contributed by atoms with van der Waals surface area (Å²) in [5.74, 6) is -1.55. The van der Waals surface area contributed by atoms with Gasteiger partial charge >= 0.3 is 5.97 Å². The molecule has 130 valence electrons. The molecule has 0 saturated heterocycles. The molecule has 0 fully saturated rings. The number of carbonyl (C=O) groups is 2. The summed E-state index contributed by atoms with van der Waals surface area (Å²) in [6, 6.07) is 4.05. The number of fused-ring (bicyclic) bond motifs is 1. The Labute approximate surface area is 154 Å². The van der Waals surface area contributed by atoms with Gasteiger partial charge in [-0.25, -0.2) is 9.79 Å². The molecule has 1 atom stereocenters. The quantitative estimate of drug-likeness (QED) is 0.612. The van der Waals surface area contributed by atoms with E-state index < -0.39 is 11.9 Å². The van der Waals surface area contributed by atoms with Crippen LogP contribution in [0.1, 0.15) is 11.8 Å². The van der Waals surface area contributed by atoms with E-state index in [1.807, 2.05) is 17.5 Å². The number of hydrogen-bond donors (Lipinski definition) is 1. The average Bonchev–Trinajstić information content (AvgIpc) is 3.07. The second kappa shape index (κ2) is 7.80. The molecule has 0 saturated carbocycles. The topological polar surface area (TPSA) is 67.8 Å². The number of halogens is 1. The van der Waals surface area contributed by atoms with E-state index in [1.165, 1.54) is 4.88 Å². The second-order valence-electron chi connectivity index (χ2n) is 5.47. The molecule has 25 heavy (non-hydrogen) atoms. The second-order valence-corrected chi connectivity index (χ2v) is 6.94. The van der Waals surface area contributed by atoms with Gasteiger partial charge in [0.25, 0.3) is 5.91 Å². The molecule has 2 heterocycles. The summed E-state index contributed by atoms with van der Waals surface area (Å²) >= 11 is 7.68. The maximum atomic E-state index is 12.4. The Balaban J connectivity index is 1.87. The summed E-state index contributed by atoms with van der Waals surface area (Å²) in [5.41, 5.74) is 1.03. The van der Waals surface area contributed by atoms with Crippen LogP contribution < -0.4 is 5.32 Å². The average molecular weight is 377 g/mol. The van der Waals surface area contributed by atoms with Gasteiger partial charge in [-0.1, -0.05) is 23.7 Å². The van der Waals surface area contributed by atoms with Crippen LogP contribution in [-0.4, -0.2) is 30.7 Å². The van der Waals surface area contributed by atoms with Crippen molar-refractivity contribution in [3.8, 4) is 0 Å². The summed E-state index contributed by atoms with van der Waals surface area (Å²) < 4.78 is 5.04. The zero-order valence-corrected chi connectivity index (χ0v) is 15.2. The number of nitrogens with zero attached hydrogens (tertiary/aromatic N) is 1. The lowest BCUT2D eigenvalue weighted by atomic mass is 9.89. The minimum atomic E-state index is -0.650. The summed E-state index contributed by atoms with van der Waals surface area (Å²) in [7, 11) is 0. The number of aliphatic imine (C=N–C) groups is 1. The van der Waals surface area contributed by atoms with Crippen molar-refractivity contribution in [1.82, 2.24) is 5.32 Å². The number of rotatable bonds is 6. The van der Waals surface area contributed by atoms with E-state index in [-0.39, 0.29) is 18.1 Å². The van der Waals surface area contributed by atoms with Crippen LogP contribution in [-0.2, 0) is 20.7 Å². The summed E-state index contributed by atoms with van der Waals surface area (Å²) in [5, 5.41) is 5.77. The van der Waals surface area contributed by atoms with Gasteiger partial charge in [-0.05, 0) is 36.9 Å². The number of esters is 1. The molecule has 1 aliphatic heterocycles. The van der Waals surface area contributed by atoms with Gasteiger partial charge in [-0.3, -0.25) is 4.79 Å². The Morgan fingerprint density at radius 1 is 1.48 bits per heavy atom. The molecule has 7 heteroatoms. The van der Waals surface area contributed by atoms with Crippen LogP contribution in [0.15, 0.2) is 57.0 Å². The first-order chi connectivity index (χ1) is 12.1. The van der Waals surface area contributed by atoms with E-state index in [1.54, 1.807) is 30.4 Å². The lowest BCUT2D eigenvalue weighted by molar-refractivity contribution is -0.140. The number of allylic oxidation sites excluding steroid dienone is 4. The Morgan fingerprint density at radius 3 is 3.04 bits per heavy atom. The molecule has 1 unspecified atom stereocenters. The Bertz CT molecular complexity index is 806. The fraction of sp³-hybridized carbons (Fsp3) is 0.278. The number of hydrogen-bond acceptors (Lipinski definition) is 5. The molecule has 3 rings (SSSR count). The first-order valence-corrected chi connectivity index (χ1v) is 9.21. The number of ether oxygens (including phenoxy) is 1. The van der Waals surface area contributed by atoms with Gasteiger partial charge < -0.3 is 10.1 Å². The van der Waals surface area contributed by atoms with Crippen molar-refractivity contribution in [3.05, 3.63) is 56.9 Å². The predicted molar refractivity (Wildman–Crippen MR) is 98.7 cm³/mol. The molecule has 1 aromatic rings. The fourth-order valence-electron chi connectivity index (χ4n) is 2.73. The Hall–Kier alpha value is -2.18. The van der Waals surface area contributed by atoms with Gasteiger partial charge in [0.2, 0.25) is 0 Å². The van der Waals surface area contributed by atoms with Crippen molar-refractivity contribution in [2.75, 3.05) is 13.2 Å². The fourth-order valence-corrected chi connectivity index (χ4v) is 3.62. The SMILES string of the molecule is CCOC(=O)C1=C(NCCc2cccs2)C2C=CC(Cl)=CC2=NC1=O. The minimum Gasteiger partial charge on any atom is -0.462 e. The summed E-state index contributed by atoms with van der Waals surface area (Å²) in [6.45, 7) is 2.50. The van der Waals surface area contributed by atoms with Gasteiger partial charge in [0, 0.05) is 22.2 Å². The zero-order valence-electron chi connectivity index (χ0n) is 13.6. The third-order valence-corrected chi connectivity index (χ3v) is 4.99. The maximum Gasteiger partial charge on any atom is 0.345 e. The molecule has 1 amide bonds. The number of nitrogens with one attached hydrogen (secondary N) is 1. The van der Waals surface area contributed by atoms with Crippen LogP contribution in [0, 0.1) is 5.92 Å². The van der Waals surface area contributed by atoms with Crippen LogP contribution in [0.3, 0.4) is 0 Å². The van der Waals surface area contributed by atoms with E-state index >= 15 is 0 Å². The zero-order chi connectivity index (χ0) is 17.8. The van der Waals surface area contributed by atoms with Crippen molar-refractivity contribution in [1.29, 1.82) is 0 Å². The molecule has 5 nitrogen and oxygen atoms in total. The van der Waals surface area contributed by atoms with Crippen LogP contribution >= 0.6 is 22.9 Å². The van der Waals surface area contributed by atoms with E-state index in [4.69, 9.17) is 16.3 Å². The number of dihydropyridines is 1. The molecular formula is C18H17ClN2O3S. The standard InChI is InChI=1S/C18H17ClN2O3S/c1-2-24-18(23)15-16(20-8-7-12-4-3-9-25-12)13-6-5-11(19)10-14(13)21-17(15)22/h3-6,9-10,13,20H,2,7-8H2,1H3. The van der Waals surface area contributed by atoms with Gasteiger partial charge in [-0.2, -0.15) is 0 Å². The smallest absolute Gasteiger partial charge is 0.345 e. The van der Waals surface area contributed by atoms with Crippen LogP contribution in [0.5, 0.6) is 0 Å². The van der Waals surface area contributed by atoms with Crippen molar-refractivity contribution in [3.63, 3.8) is 0 Å². The van der Waals surface area contributed by atoms with E-state index in [2.05, 4.69) is 16.4 Å². The summed E-state index contributed by atoms with van der Waals surface area (Å²) in [4.78, 5) is 29.9. The van der Waals surface area contributed by atoms with Crippen molar-refractivity contribution in [2.45, 2.75) is 13.3 Å². The highest BCUT2D eigenvalue weighted by molar-refractivity contribution is 7.09. The van der Waals surface area contributed by atoms with Gasteiger partial charge in [0.1, 0.15) is 5.57 Å². The highest BCUT2D eigenvalue weighted by Gasteiger charge is 2.35. The third-order valence-electron chi connectivity index (χ3n) is 3.82. The van der Waals surface area contributed by atoms with E-state index in [0.29, 0.717) is 23.0 Å². The van der Waals surface area contributed by atoms with Gasteiger partial charge in [0.15, 0.2) is 0 Å². The highest BCUT2D eigenvalue weighted by Crippen LogP contribution is 2.29. The third kappa shape index (κ3) is 3.91. The lowest BCUT2D eigenvalue weighted by Gasteiger charge is -2.26. The molecular weight excluding hydrogens is 360 g/mol. The van der Waals surface area contributed by atoms with Crippen LogP contribution in [0.2, 0.25) is 0 Å². The molecule has 1 aromatic heterocycles. The van der Waals surface area contributed by atoms with Gasteiger partial charge in [-0.15, -0.1) is 11.3 Å². The Kier molecular flexibility index (Phi) is 5.50. The number of carbonyl (C=O) groups excluding carboxylic acids is 2. The number of amides is 1. The maximum absolute atomic E-state index is 12.4. The largest absolute Gasteiger partial charge is 0.462 e.